The Bertz CT molecular complexity index is 882. The fourth-order valence-electron chi connectivity index (χ4n) is 9.91. The summed E-state index contributed by atoms with van der Waals surface area (Å²) in [4.78, 5) is 0. The molecule has 4 fully saturated rings. The summed E-state index contributed by atoms with van der Waals surface area (Å²) in [5.41, 5.74) is 3.80. The van der Waals surface area contributed by atoms with Gasteiger partial charge in [0.15, 0.2) is 0 Å². The summed E-state index contributed by atoms with van der Waals surface area (Å²) in [7, 11) is 0. The molecule has 0 aromatic heterocycles. The summed E-state index contributed by atoms with van der Waals surface area (Å²) in [6, 6.07) is 0. The third-order valence-electron chi connectivity index (χ3n) is 11.8. The zero-order valence-electron chi connectivity index (χ0n) is 22.6. The standard InChI is InChI=1S/C34H50/c1-8-13-15-27(12-5)34(26(11-4)14-9-2)23-22-33(7)28(24-34)16-18-29-30-19-17-25(10-3)32(30,6)21-20-31(29)33/h8-9,11-15,25,28-31H,2,4-5,10,16-24H2,1,3,6-7H3/b13-8-,26-14+,27-15+. The van der Waals surface area contributed by atoms with Crippen LogP contribution in [-0.4, -0.2) is 0 Å². The Labute approximate surface area is 211 Å². The highest BCUT2D eigenvalue weighted by atomic mass is 14.7. The average Bonchev–Trinajstić information content (AvgIpc) is 3.19. The van der Waals surface area contributed by atoms with Gasteiger partial charge in [0.2, 0.25) is 0 Å². The molecule has 0 amide bonds. The quantitative estimate of drug-likeness (QED) is 0.333. The summed E-state index contributed by atoms with van der Waals surface area (Å²) in [6.45, 7) is 22.5. The highest BCUT2D eigenvalue weighted by Gasteiger charge is 2.61. The Balaban J connectivity index is 1.68. The minimum absolute atomic E-state index is 0.0120. The van der Waals surface area contributed by atoms with Crippen LogP contribution in [0.25, 0.3) is 0 Å². The third kappa shape index (κ3) is 3.79. The monoisotopic (exact) mass is 458 g/mol. The van der Waals surface area contributed by atoms with E-state index in [4.69, 9.17) is 0 Å². The highest BCUT2D eigenvalue weighted by Crippen LogP contribution is 2.70. The van der Waals surface area contributed by atoms with E-state index in [9.17, 15) is 0 Å². The predicted octanol–water partition coefficient (Wildman–Crippen LogP) is 10.0. The van der Waals surface area contributed by atoms with Crippen LogP contribution in [-0.2, 0) is 0 Å². The summed E-state index contributed by atoms with van der Waals surface area (Å²) in [5, 5.41) is 0. The lowest BCUT2D eigenvalue weighted by Gasteiger charge is -2.63. The van der Waals surface area contributed by atoms with Crippen LogP contribution in [0.15, 0.2) is 73.4 Å². The minimum Gasteiger partial charge on any atom is -0.0991 e. The van der Waals surface area contributed by atoms with Gasteiger partial charge in [0.05, 0.1) is 0 Å². The number of hydrogen-bond acceptors (Lipinski definition) is 0. The van der Waals surface area contributed by atoms with Crippen LogP contribution < -0.4 is 0 Å². The van der Waals surface area contributed by atoms with Crippen molar-refractivity contribution < 1.29 is 0 Å². The molecule has 34 heavy (non-hydrogen) atoms. The Hall–Kier alpha value is -1.56. The van der Waals surface area contributed by atoms with Gasteiger partial charge in [-0.15, -0.1) is 0 Å². The van der Waals surface area contributed by atoms with Gasteiger partial charge in [-0.25, -0.2) is 0 Å². The summed E-state index contributed by atoms with van der Waals surface area (Å²) in [5.74, 6) is 4.60. The normalized spacial score (nSPS) is 44.8. The van der Waals surface area contributed by atoms with E-state index in [1.165, 1.54) is 75.4 Å². The summed E-state index contributed by atoms with van der Waals surface area (Å²) < 4.78 is 0. The molecule has 0 aliphatic heterocycles. The van der Waals surface area contributed by atoms with Gasteiger partial charge in [0.25, 0.3) is 0 Å². The molecule has 0 heteroatoms. The first-order chi connectivity index (χ1) is 16.3. The Morgan fingerprint density at radius 3 is 2.18 bits per heavy atom. The molecule has 0 saturated heterocycles. The van der Waals surface area contributed by atoms with Crippen LogP contribution in [0.2, 0.25) is 0 Å². The molecule has 0 bridgehead atoms. The first-order valence-corrected chi connectivity index (χ1v) is 14.3. The molecule has 0 nitrogen and oxygen atoms in total. The maximum absolute atomic E-state index is 4.27. The van der Waals surface area contributed by atoms with Crippen molar-refractivity contribution in [1.82, 2.24) is 0 Å². The number of fused-ring (bicyclic) bond motifs is 5. The van der Waals surface area contributed by atoms with Crippen molar-refractivity contribution in [3.8, 4) is 0 Å². The van der Waals surface area contributed by atoms with Gasteiger partial charge in [-0.1, -0.05) is 89.5 Å². The molecule has 4 saturated carbocycles. The lowest BCUT2D eigenvalue weighted by atomic mass is 9.42. The minimum atomic E-state index is 0.0120. The number of rotatable bonds is 7. The van der Waals surface area contributed by atoms with Crippen LogP contribution in [0.3, 0.4) is 0 Å². The SMILES string of the molecule is C=C/C=C(\C=C)C1(/C(C=C)=C/C=C\C)CCC2(C)C(CCC3C4CCC(CC)C4(C)CCC32)C1. The predicted molar refractivity (Wildman–Crippen MR) is 150 cm³/mol. The van der Waals surface area contributed by atoms with Gasteiger partial charge in [-0.3, -0.25) is 0 Å². The van der Waals surface area contributed by atoms with E-state index in [1.807, 2.05) is 6.08 Å². The molecule has 0 radical (unpaired) electrons. The van der Waals surface area contributed by atoms with Crippen molar-refractivity contribution in [3.05, 3.63) is 73.4 Å². The zero-order chi connectivity index (χ0) is 24.6. The number of allylic oxidation sites excluding steroid dienone is 9. The summed E-state index contributed by atoms with van der Waals surface area (Å²) >= 11 is 0. The molecule has 0 spiro atoms. The van der Waals surface area contributed by atoms with Gasteiger partial charge >= 0.3 is 0 Å². The Kier molecular flexibility index (Phi) is 7.38. The van der Waals surface area contributed by atoms with Crippen molar-refractivity contribution in [2.75, 3.05) is 0 Å². The van der Waals surface area contributed by atoms with Crippen molar-refractivity contribution in [1.29, 1.82) is 0 Å². The maximum atomic E-state index is 4.27. The average molecular weight is 459 g/mol. The van der Waals surface area contributed by atoms with Gasteiger partial charge in [-0.2, -0.15) is 0 Å². The molecular weight excluding hydrogens is 408 g/mol. The first-order valence-electron chi connectivity index (χ1n) is 14.3. The molecule has 4 rings (SSSR count). The Morgan fingerprint density at radius 2 is 1.53 bits per heavy atom. The fourth-order valence-corrected chi connectivity index (χ4v) is 9.91. The smallest absolute Gasteiger partial charge is 0.0205 e. The van der Waals surface area contributed by atoms with E-state index in [-0.39, 0.29) is 5.41 Å². The van der Waals surface area contributed by atoms with Gasteiger partial charge in [0, 0.05) is 5.41 Å². The molecule has 0 aromatic rings. The van der Waals surface area contributed by atoms with Crippen molar-refractivity contribution in [2.24, 2.45) is 45.8 Å². The largest absolute Gasteiger partial charge is 0.0991 e. The van der Waals surface area contributed by atoms with Crippen molar-refractivity contribution in [2.45, 2.75) is 91.9 Å². The molecule has 186 valence electrons. The van der Waals surface area contributed by atoms with E-state index in [0.717, 1.165) is 29.6 Å². The second kappa shape index (κ2) is 9.83. The van der Waals surface area contributed by atoms with E-state index in [0.29, 0.717) is 10.8 Å². The summed E-state index contributed by atoms with van der Waals surface area (Å²) in [6.07, 6.45) is 28.9. The topological polar surface area (TPSA) is 0 Å². The molecular formula is C34H50. The van der Waals surface area contributed by atoms with E-state index in [1.54, 1.807) is 0 Å². The molecule has 0 heterocycles. The highest BCUT2D eigenvalue weighted by molar-refractivity contribution is 5.44. The second-order valence-electron chi connectivity index (χ2n) is 12.6. The molecule has 0 N–H and O–H groups in total. The van der Waals surface area contributed by atoms with E-state index < -0.39 is 0 Å². The van der Waals surface area contributed by atoms with Crippen LogP contribution in [0.1, 0.15) is 91.9 Å². The lowest BCUT2D eigenvalue weighted by Crippen LogP contribution is -2.55. The fraction of sp³-hybridized carbons (Fsp3) is 0.647. The Morgan fingerprint density at radius 1 is 0.824 bits per heavy atom. The van der Waals surface area contributed by atoms with Crippen LogP contribution in [0.4, 0.5) is 0 Å². The molecule has 0 aromatic carbocycles. The maximum Gasteiger partial charge on any atom is 0.0205 e. The van der Waals surface area contributed by atoms with E-state index >= 15 is 0 Å². The molecule has 4 aliphatic carbocycles. The molecule has 8 unspecified atom stereocenters. The molecule has 8 atom stereocenters. The van der Waals surface area contributed by atoms with Crippen molar-refractivity contribution in [3.63, 3.8) is 0 Å². The second-order valence-corrected chi connectivity index (χ2v) is 12.6. The van der Waals surface area contributed by atoms with Crippen LogP contribution >= 0.6 is 0 Å². The molecule has 4 aliphatic rings. The third-order valence-corrected chi connectivity index (χ3v) is 11.8. The number of hydrogen-bond donors (Lipinski definition) is 0. The van der Waals surface area contributed by atoms with Gasteiger partial charge < -0.3 is 0 Å². The first kappa shape index (κ1) is 25.5. The van der Waals surface area contributed by atoms with Gasteiger partial charge in [-0.05, 0) is 116 Å². The lowest BCUT2D eigenvalue weighted by molar-refractivity contribution is -0.122. The zero-order valence-corrected chi connectivity index (χ0v) is 22.6. The van der Waals surface area contributed by atoms with Crippen LogP contribution in [0.5, 0.6) is 0 Å². The van der Waals surface area contributed by atoms with Crippen molar-refractivity contribution >= 4 is 0 Å². The van der Waals surface area contributed by atoms with Crippen LogP contribution in [0, 0.1) is 45.8 Å². The van der Waals surface area contributed by atoms with Gasteiger partial charge in [0.1, 0.15) is 0 Å². The van der Waals surface area contributed by atoms with E-state index in [2.05, 4.69) is 83.9 Å².